The van der Waals surface area contributed by atoms with Crippen LogP contribution in [0.1, 0.15) is 11.1 Å². The predicted molar refractivity (Wildman–Crippen MR) is 82.1 cm³/mol. The molecule has 0 aliphatic rings. The van der Waals surface area contributed by atoms with E-state index < -0.39 is 0 Å². The Hall–Kier alpha value is -2.40. The number of rotatable bonds is 4. The Kier molecular flexibility index (Phi) is 3.58. The van der Waals surface area contributed by atoms with E-state index in [1.54, 1.807) is 10.6 Å². The minimum absolute atomic E-state index is 0.109. The summed E-state index contributed by atoms with van der Waals surface area (Å²) in [7, 11) is 1.99. The molecule has 0 fully saturated rings. The van der Waals surface area contributed by atoms with Gasteiger partial charge in [-0.3, -0.25) is 9.30 Å². The van der Waals surface area contributed by atoms with Gasteiger partial charge in [0.25, 0.3) is 0 Å². The van der Waals surface area contributed by atoms with Gasteiger partial charge in [-0.15, -0.1) is 5.10 Å². The smallest absolute Gasteiger partial charge is 0.283 e. The van der Waals surface area contributed by atoms with E-state index in [4.69, 9.17) is 0 Å². The van der Waals surface area contributed by atoms with Crippen LogP contribution in [0.25, 0.3) is 5.65 Å². The van der Waals surface area contributed by atoms with Gasteiger partial charge in [0.15, 0.2) is 5.65 Å². The third kappa shape index (κ3) is 2.73. The van der Waals surface area contributed by atoms with Gasteiger partial charge in [0.1, 0.15) is 0 Å². The van der Waals surface area contributed by atoms with E-state index >= 15 is 0 Å². The Morgan fingerprint density at radius 1 is 1.14 bits per heavy atom. The van der Waals surface area contributed by atoms with Crippen molar-refractivity contribution in [3.8, 4) is 0 Å². The number of pyridine rings is 1. The van der Waals surface area contributed by atoms with Gasteiger partial charge in [0.2, 0.25) is 0 Å². The van der Waals surface area contributed by atoms with Crippen LogP contribution in [0, 0.1) is 6.92 Å². The maximum absolute atomic E-state index is 12.2. The van der Waals surface area contributed by atoms with Crippen LogP contribution in [0.4, 0.5) is 0 Å². The van der Waals surface area contributed by atoms with Crippen molar-refractivity contribution in [3.05, 3.63) is 70.3 Å². The molecule has 21 heavy (non-hydrogen) atoms. The summed E-state index contributed by atoms with van der Waals surface area (Å²) in [6, 6.07) is 13.8. The zero-order valence-electron chi connectivity index (χ0n) is 12.2. The highest BCUT2D eigenvalue weighted by Gasteiger charge is 2.09. The number of aromatic nitrogens is 3. The lowest BCUT2D eigenvalue weighted by Crippen LogP contribution is -2.30. The molecule has 0 bridgehead atoms. The van der Waals surface area contributed by atoms with Crippen LogP contribution in [0.2, 0.25) is 0 Å². The fraction of sp³-hybridized carbons (Fsp3) is 0.250. The van der Waals surface area contributed by atoms with Crippen molar-refractivity contribution in [2.75, 3.05) is 7.05 Å². The van der Waals surface area contributed by atoms with Crippen LogP contribution in [-0.2, 0) is 13.2 Å². The number of aryl methyl sites for hydroxylation is 1. The summed E-state index contributed by atoms with van der Waals surface area (Å²) in [6.45, 7) is 3.35. The molecular formula is C16H18N4O. The third-order valence-corrected chi connectivity index (χ3v) is 3.57. The SMILES string of the molecule is Cc1ccccc1CN(C)Cn1nc2ccccn2c1=O. The first-order valence-electron chi connectivity index (χ1n) is 6.92. The second-order valence-electron chi connectivity index (χ2n) is 5.29. The number of fused-ring (bicyclic) bond motifs is 1. The normalized spacial score (nSPS) is 11.4. The Balaban J connectivity index is 1.80. The van der Waals surface area contributed by atoms with Crippen LogP contribution in [0.5, 0.6) is 0 Å². The van der Waals surface area contributed by atoms with Gasteiger partial charge in [-0.05, 0) is 37.2 Å². The Labute approximate surface area is 123 Å². The maximum atomic E-state index is 12.2. The fourth-order valence-electron chi connectivity index (χ4n) is 2.42. The highest BCUT2D eigenvalue weighted by molar-refractivity contribution is 5.35. The van der Waals surface area contributed by atoms with E-state index in [-0.39, 0.29) is 5.69 Å². The van der Waals surface area contributed by atoms with Crippen LogP contribution in [0.3, 0.4) is 0 Å². The lowest BCUT2D eigenvalue weighted by atomic mass is 10.1. The van der Waals surface area contributed by atoms with Gasteiger partial charge in [-0.25, -0.2) is 4.79 Å². The molecule has 0 aliphatic heterocycles. The summed E-state index contributed by atoms with van der Waals surface area (Å²) >= 11 is 0. The number of benzene rings is 1. The number of nitrogens with zero attached hydrogens (tertiary/aromatic N) is 4. The molecule has 0 aliphatic carbocycles. The minimum Gasteiger partial charge on any atom is -0.283 e. The van der Waals surface area contributed by atoms with Crippen molar-refractivity contribution in [1.82, 2.24) is 19.1 Å². The maximum Gasteiger partial charge on any atom is 0.351 e. The van der Waals surface area contributed by atoms with E-state index in [9.17, 15) is 4.79 Å². The standard InChI is InChI=1S/C16H18N4O/c1-13-7-3-4-8-14(13)11-18(2)12-20-16(21)19-10-6-5-9-15(19)17-20/h3-10H,11-12H2,1-2H3. The summed E-state index contributed by atoms with van der Waals surface area (Å²) < 4.78 is 3.05. The van der Waals surface area contributed by atoms with Crippen molar-refractivity contribution in [3.63, 3.8) is 0 Å². The molecule has 0 saturated carbocycles. The van der Waals surface area contributed by atoms with E-state index in [1.165, 1.54) is 15.8 Å². The molecule has 3 rings (SSSR count). The van der Waals surface area contributed by atoms with Gasteiger partial charge in [-0.2, -0.15) is 4.68 Å². The van der Waals surface area contributed by atoms with Crippen molar-refractivity contribution >= 4 is 5.65 Å². The lowest BCUT2D eigenvalue weighted by molar-refractivity contribution is 0.242. The summed E-state index contributed by atoms with van der Waals surface area (Å²) in [5, 5.41) is 4.34. The van der Waals surface area contributed by atoms with Crippen molar-refractivity contribution in [2.45, 2.75) is 20.1 Å². The zero-order chi connectivity index (χ0) is 14.8. The summed E-state index contributed by atoms with van der Waals surface area (Å²) in [5.41, 5.74) is 3.08. The van der Waals surface area contributed by atoms with Gasteiger partial charge >= 0.3 is 5.69 Å². The molecular weight excluding hydrogens is 264 g/mol. The van der Waals surface area contributed by atoms with Gasteiger partial charge < -0.3 is 0 Å². The highest BCUT2D eigenvalue weighted by atomic mass is 16.2. The van der Waals surface area contributed by atoms with E-state index in [0.29, 0.717) is 12.3 Å². The molecule has 0 amide bonds. The minimum atomic E-state index is -0.109. The molecule has 0 saturated heterocycles. The Bertz CT molecular complexity index is 818. The first-order valence-corrected chi connectivity index (χ1v) is 6.92. The average molecular weight is 282 g/mol. The topological polar surface area (TPSA) is 42.5 Å². The molecule has 2 aromatic heterocycles. The molecule has 0 spiro atoms. The van der Waals surface area contributed by atoms with Gasteiger partial charge in [0, 0.05) is 12.7 Å². The second kappa shape index (κ2) is 5.54. The molecule has 0 unspecified atom stereocenters. The van der Waals surface area contributed by atoms with E-state index in [1.807, 2.05) is 37.4 Å². The average Bonchev–Trinajstić information content (AvgIpc) is 2.78. The number of hydrogen-bond acceptors (Lipinski definition) is 3. The molecule has 2 heterocycles. The molecule has 108 valence electrons. The molecule has 5 nitrogen and oxygen atoms in total. The fourth-order valence-corrected chi connectivity index (χ4v) is 2.42. The van der Waals surface area contributed by atoms with Crippen molar-refractivity contribution in [2.24, 2.45) is 0 Å². The molecule has 0 N–H and O–H groups in total. The van der Waals surface area contributed by atoms with Crippen LogP contribution in [-0.4, -0.2) is 26.1 Å². The second-order valence-corrected chi connectivity index (χ2v) is 5.29. The Morgan fingerprint density at radius 3 is 2.67 bits per heavy atom. The lowest BCUT2D eigenvalue weighted by Gasteiger charge is -2.17. The van der Waals surface area contributed by atoms with Crippen molar-refractivity contribution < 1.29 is 0 Å². The quantitative estimate of drug-likeness (QED) is 0.734. The summed E-state index contributed by atoms with van der Waals surface area (Å²) in [5.74, 6) is 0. The predicted octanol–water partition coefficient (Wildman–Crippen LogP) is 1.89. The highest BCUT2D eigenvalue weighted by Crippen LogP contribution is 2.09. The van der Waals surface area contributed by atoms with Crippen LogP contribution < -0.4 is 5.69 Å². The number of hydrogen-bond donors (Lipinski definition) is 0. The van der Waals surface area contributed by atoms with Gasteiger partial charge in [-0.1, -0.05) is 30.3 Å². The first kappa shape index (κ1) is 13.6. The monoisotopic (exact) mass is 282 g/mol. The van der Waals surface area contributed by atoms with Gasteiger partial charge in [0.05, 0.1) is 6.67 Å². The van der Waals surface area contributed by atoms with E-state index in [0.717, 1.165) is 6.54 Å². The Morgan fingerprint density at radius 2 is 1.90 bits per heavy atom. The third-order valence-electron chi connectivity index (χ3n) is 3.57. The molecule has 3 aromatic rings. The molecule has 0 atom stereocenters. The zero-order valence-corrected chi connectivity index (χ0v) is 12.2. The molecule has 5 heteroatoms. The summed E-state index contributed by atoms with van der Waals surface area (Å²) in [6.07, 6.45) is 1.74. The molecule has 1 aromatic carbocycles. The van der Waals surface area contributed by atoms with Crippen molar-refractivity contribution in [1.29, 1.82) is 0 Å². The molecule has 0 radical (unpaired) electrons. The van der Waals surface area contributed by atoms with Crippen LogP contribution >= 0.6 is 0 Å². The largest absolute Gasteiger partial charge is 0.351 e. The summed E-state index contributed by atoms with van der Waals surface area (Å²) in [4.78, 5) is 14.3. The van der Waals surface area contributed by atoms with E-state index in [2.05, 4.69) is 29.1 Å². The first-order chi connectivity index (χ1) is 10.1. The van der Waals surface area contributed by atoms with Crippen LogP contribution in [0.15, 0.2) is 53.5 Å².